The second kappa shape index (κ2) is 10.9. The number of methoxy groups -OCH3 is 1. The van der Waals surface area contributed by atoms with Crippen LogP contribution in [0.1, 0.15) is 88.0 Å². The van der Waals surface area contributed by atoms with Crippen molar-refractivity contribution in [1.82, 2.24) is 0 Å². The molecule has 3 rings (SSSR count). The molecule has 32 heavy (non-hydrogen) atoms. The Balaban J connectivity index is 2.52. The number of ether oxygens (including phenoxy) is 1. The third-order valence-corrected chi connectivity index (χ3v) is 7.08. The van der Waals surface area contributed by atoms with Crippen molar-refractivity contribution in [2.75, 3.05) is 7.11 Å². The molecule has 0 aromatic heterocycles. The molecule has 0 bridgehead atoms. The van der Waals surface area contributed by atoms with E-state index in [1.165, 1.54) is 44.5 Å². The zero-order valence-electron chi connectivity index (χ0n) is 21.1. The third kappa shape index (κ3) is 4.63. The van der Waals surface area contributed by atoms with Crippen LogP contribution >= 0.6 is 0 Å². The fourth-order valence-electron chi connectivity index (χ4n) is 4.91. The van der Waals surface area contributed by atoms with Crippen molar-refractivity contribution in [3.05, 3.63) is 76.9 Å². The second-order valence-corrected chi connectivity index (χ2v) is 9.16. The van der Waals surface area contributed by atoms with E-state index >= 15 is 0 Å². The number of hydrogen-bond donors (Lipinski definition) is 0. The molecule has 0 aliphatic carbocycles. The van der Waals surface area contributed by atoms with Crippen molar-refractivity contribution in [2.24, 2.45) is 0 Å². The maximum atomic E-state index is 5.73. The van der Waals surface area contributed by atoms with E-state index in [1.54, 1.807) is 7.11 Å². The van der Waals surface area contributed by atoms with Gasteiger partial charge in [-0.05, 0) is 88.6 Å². The molecule has 3 aromatic carbocycles. The van der Waals surface area contributed by atoms with E-state index in [2.05, 4.69) is 96.1 Å². The van der Waals surface area contributed by atoms with Crippen LogP contribution in [0.4, 0.5) is 0 Å². The van der Waals surface area contributed by atoms with Crippen molar-refractivity contribution in [3.8, 4) is 28.0 Å². The molecule has 0 heterocycles. The number of rotatable bonds is 9. The summed E-state index contributed by atoms with van der Waals surface area (Å²) in [5, 5.41) is 0. The highest BCUT2D eigenvalue weighted by Crippen LogP contribution is 2.47. The highest BCUT2D eigenvalue weighted by Gasteiger charge is 2.26. The third-order valence-electron chi connectivity index (χ3n) is 7.08. The molecule has 1 heteroatoms. The van der Waals surface area contributed by atoms with E-state index < -0.39 is 0 Å². The standard InChI is InChI=1S/C31H40O/c1-8-15-25-20-27(21(4)9-2)30(24-16-12-11-13-17-24)29(22(5)10-3)31(25)26-18-14-19-28(32-7)23(26)6/h11-14,16-22H,8-10,15H2,1-7H3. The molecular weight excluding hydrogens is 388 g/mol. The van der Waals surface area contributed by atoms with Crippen molar-refractivity contribution in [3.63, 3.8) is 0 Å². The predicted molar refractivity (Wildman–Crippen MR) is 140 cm³/mol. The lowest BCUT2D eigenvalue weighted by molar-refractivity contribution is 0.412. The molecule has 0 saturated carbocycles. The summed E-state index contributed by atoms with van der Waals surface area (Å²) in [5.74, 6) is 1.95. The molecular formula is C31H40O. The molecule has 3 aromatic rings. The first-order valence-corrected chi connectivity index (χ1v) is 12.4. The van der Waals surface area contributed by atoms with Gasteiger partial charge >= 0.3 is 0 Å². The van der Waals surface area contributed by atoms with Gasteiger partial charge in [0, 0.05) is 0 Å². The van der Waals surface area contributed by atoms with Crippen LogP contribution in [0.2, 0.25) is 0 Å². The Bertz CT molecular complexity index is 1030. The van der Waals surface area contributed by atoms with Gasteiger partial charge in [0.05, 0.1) is 7.11 Å². The van der Waals surface area contributed by atoms with Gasteiger partial charge in [-0.15, -0.1) is 0 Å². The van der Waals surface area contributed by atoms with Crippen LogP contribution in [0.3, 0.4) is 0 Å². The highest BCUT2D eigenvalue weighted by atomic mass is 16.5. The average Bonchev–Trinajstić information content (AvgIpc) is 2.83. The van der Waals surface area contributed by atoms with Crippen molar-refractivity contribution in [1.29, 1.82) is 0 Å². The Kier molecular flexibility index (Phi) is 8.18. The fourth-order valence-corrected chi connectivity index (χ4v) is 4.91. The Labute approximate surface area is 195 Å². The molecule has 0 aliphatic heterocycles. The molecule has 2 atom stereocenters. The van der Waals surface area contributed by atoms with Crippen LogP contribution in [0.15, 0.2) is 54.6 Å². The summed E-state index contributed by atoms with van der Waals surface area (Å²) in [6.45, 7) is 13.9. The van der Waals surface area contributed by atoms with Gasteiger partial charge in [-0.3, -0.25) is 0 Å². The van der Waals surface area contributed by atoms with Gasteiger partial charge in [-0.25, -0.2) is 0 Å². The topological polar surface area (TPSA) is 9.23 Å². The summed E-state index contributed by atoms with van der Waals surface area (Å²) >= 11 is 0. The Morgan fingerprint density at radius 3 is 2.09 bits per heavy atom. The van der Waals surface area contributed by atoms with Gasteiger partial charge in [-0.1, -0.05) is 89.6 Å². The van der Waals surface area contributed by atoms with Crippen LogP contribution in [0.5, 0.6) is 5.75 Å². The van der Waals surface area contributed by atoms with Crippen LogP contribution in [0, 0.1) is 6.92 Å². The van der Waals surface area contributed by atoms with Crippen LogP contribution in [-0.2, 0) is 6.42 Å². The summed E-state index contributed by atoms with van der Waals surface area (Å²) in [7, 11) is 1.77. The molecule has 0 saturated heterocycles. The van der Waals surface area contributed by atoms with E-state index in [0.29, 0.717) is 11.8 Å². The van der Waals surface area contributed by atoms with Crippen LogP contribution in [-0.4, -0.2) is 7.11 Å². The lowest BCUT2D eigenvalue weighted by Crippen LogP contribution is -2.09. The van der Waals surface area contributed by atoms with Gasteiger partial charge in [0.25, 0.3) is 0 Å². The van der Waals surface area contributed by atoms with Crippen LogP contribution in [0.25, 0.3) is 22.3 Å². The van der Waals surface area contributed by atoms with E-state index in [4.69, 9.17) is 4.74 Å². The molecule has 2 unspecified atom stereocenters. The maximum absolute atomic E-state index is 5.73. The largest absolute Gasteiger partial charge is 0.496 e. The van der Waals surface area contributed by atoms with E-state index in [0.717, 1.165) is 31.4 Å². The van der Waals surface area contributed by atoms with Gasteiger partial charge < -0.3 is 4.74 Å². The number of aryl methyl sites for hydroxylation is 1. The Morgan fingerprint density at radius 1 is 0.812 bits per heavy atom. The average molecular weight is 429 g/mol. The van der Waals surface area contributed by atoms with Gasteiger partial charge in [0.1, 0.15) is 5.75 Å². The monoisotopic (exact) mass is 428 g/mol. The number of benzene rings is 3. The Morgan fingerprint density at radius 2 is 1.50 bits per heavy atom. The first-order chi connectivity index (χ1) is 15.5. The SMILES string of the molecule is CCCc1cc(C(C)CC)c(-c2ccccc2)c(C(C)CC)c1-c1cccc(OC)c1C. The second-order valence-electron chi connectivity index (χ2n) is 9.16. The van der Waals surface area contributed by atoms with Crippen LogP contribution < -0.4 is 4.74 Å². The first kappa shape index (κ1) is 24.1. The minimum atomic E-state index is 0.463. The Hall–Kier alpha value is -2.54. The molecule has 0 radical (unpaired) electrons. The molecule has 0 fully saturated rings. The zero-order valence-corrected chi connectivity index (χ0v) is 21.1. The van der Waals surface area contributed by atoms with Gasteiger partial charge in [0.15, 0.2) is 0 Å². The highest BCUT2D eigenvalue weighted by molar-refractivity contribution is 5.86. The molecule has 0 spiro atoms. The zero-order chi connectivity index (χ0) is 23.3. The molecule has 0 amide bonds. The minimum absolute atomic E-state index is 0.463. The van der Waals surface area contributed by atoms with E-state index in [9.17, 15) is 0 Å². The molecule has 170 valence electrons. The van der Waals surface area contributed by atoms with Crippen molar-refractivity contribution < 1.29 is 4.74 Å². The minimum Gasteiger partial charge on any atom is -0.496 e. The summed E-state index contributed by atoms with van der Waals surface area (Å²) in [6, 6.07) is 20.1. The molecule has 0 N–H and O–H groups in total. The normalized spacial score (nSPS) is 13.1. The molecule has 1 nitrogen and oxygen atoms in total. The summed E-state index contributed by atoms with van der Waals surface area (Å²) < 4.78 is 5.73. The summed E-state index contributed by atoms with van der Waals surface area (Å²) in [5.41, 5.74) is 11.3. The van der Waals surface area contributed by atoms with E-state index in [1.807, 2.05) is 0 Å². The number of hydrogen-bond acceptors (Lipinski definition) is 1. The summed E-state index contributed by atoms with van der Waals surface area (Å²) in [6.07, 6.45) is 4.49. The maximum Gasteiger partial charge on any atom is 0.122 e. The lowest BCUT2D eigenvalue weighted by Gasteiger charge is -2.29. The van der Waals surface area contributed by atoms with Gasteiger partial charge in [0.2, 0.25) is 0 Å². The quantitative estimate of drug-likeness (QED) is 0.330. The first-order valence-electron chi connectivity index (χ1n) is 12.4. The summed E-state index contributed by atoms with van der Waals surface area (Å²) in [4.78, 5) is 0. The van der Waals surface area contributed by atoms with Crippen molar-refractivity contribution in [2.45, 2.75) is 79.1 Å². The lowest BCUT2D eigenvalue weighted by atomic mass is 9.75. The fraction of sp³-hybridized carbons (Fsp3) is 0.419. The van der Waals surface area contributed by atoms with Gasteiger partial charge in [-0.2, -0.15) is 0 Å². The van der Waals surface area contributed by atoms with Crippen molar-refractivity contribution >= 4 is 0 Å². The predicted octanol–water partition coefficient (Wildman–Crippen LogP) is 9.32. The molecule has 0 aliphatic rings. The smallest absolute Gasteiger partial charge is 0.122 e. The van der Waals surface area contributed by atoms with E-state index in [-0.39, 0.29) is 0 Å².